The van der Waals surface area contributed by atoms with Crippen LogP contribution in [0, 0.1) is 5.92 Å². The zero-order valence-electron chi connectivity index (χ0n) is 19.3. The lowest BCUT2D eigenvalue weighted by atomic mass is 9.85. The number of piperazine rings is 1. The predicted molar refractivity (Wildman–Crippen MR) is 129 cm³/mol. The summed E-state index contributed by atoms with van der Waals surface area (Å²) in [5.41, 5.74) is 2.87. The van der Waals surface area contributed by atoms with Crippen LogP contribution in [0.25, 0.3) is 22.0 Å². The third kappa shape index (κ3) is 3.88. The summed E-state index contributed by atoms with van der Waals surface area (Å²) in [6, 6.07) is 14.2. The van der Waals surface area contributed by atoms with E-state index in [9.17, 15) is 14.7 Å². The van der Waals surface area contributed by atoms with Gasteiger partial charge in [0.15, 0.2) is 0 Å². The fourth-order valence-electron chi connectivity index (χ4n) is 5.06. The lowest BCUT2D eigenvalue weighted by Crippen LogP contribution is -2.53. The molecule has 1 N–H and O–H groups in total. The third-order valence-corrected chi connectivity index (χ3v) is 7.74. The molecule has 1 saturated heterocycles. The Morgan fingerprint density at radius 3 is 2.26 bits per heavy atom. The van der Waals surface area contributed by atoms with Crippen LogP contribution in [0.5, 0.6) is 0 Å². The SMILES string of the molecule is O=C(c1ccc(-c2ccc3c(cnn3CC3CCC3)c2)cc1)N1CCN(C(=O)C2(O)CC2)CC1. The highest BCUT2D eigenvalue weighted by Gasteiger charge is 2.50. The molecule has 2 aliphatic carbocycles. The van der Waals surface area contributed by atoms with E-state index in [1.807, 2.05) is 30.5 Å². The summed E-state index contributed by atoms with van der Waals surface area (Å²) in [7, 11) is 0. The summed E-state index contributed by atoms with van der Waals surface area (Å²) >= 11 is 0. The molecule has 0 unspecified atom stereocenters. The van der Waals surface area contributed by atoms with E-state index in [1.165, 1.54) is 24.8 Å². The van der Waals surface area contributed by atoms with Gasteiger partial charge in [-0.15, -0.1) is 0 Å². The monoisotopic (exact) mass is 458 g/mol. The summed E-state index contributed by atoms with van der Waals surface area (Å²) in [4.78, 5) is 28.8. The molecule has 1 aliphatic heterocycles. The van der Waals surface area contributed by atoms with Gasteiger partial charge in [-0.3, -0.25) is 14.3 Å². The van der Waals surface area contributed by atoms with Crippen molar-refractivity contribution in [1.82, 2.24) is 19.6 Å². The Morgan fingerprint density at radius 1 is 0.941 bits per heavy atom. The summed E-state index contributed by atoms with van der Waals surface area (Å²) in [5.74, 6) is 0.562. The molecule has 3 aromatic rings. The van der Waals surface area contributed by atoms with Crippen LogP contribution < -0.4 is 0 Å². The molecule has 34 heavy (non-hydrogen) atoms. The summed E-state index contributed by atoms with van der Waals surface area (Å²) < 4.78 is 2.13. The van der Waals surface area contributed by atoms with E-state index in [2.05, 4.69) is 28.0 Å². The number of nitrogens with zero attached hydrogens (tertiary/aromatic N) is 4. The minimum absolute atomic E-state index is 0.0171. The Kier molecular flexibility index (Phi) is 5.17. The van der Waals surface area contributed by atoms with Crippen molar-refractivity contribution in [3.8, 4) is 11.1 Å². The van der Waals surface area contributed by atoms with Crippen molar-refractivity contribution in [2.24, 2.45) is 5.92 Å². The van der Waals surface area contributed by atoms with E-state index < -0.39 is 5.60 Å². The molecular formula is C27H30N4O3. The van der Waals surface area contributed by atoms with Gasteiger partial charge in [0.05, 0.1) is 11.7 Å². The number of hydrogen-bond donors (Lipinski definition) is 1. The summed E-state index contributed by atoms with van der Waals surface area (Å²) in [6.45, 7) is 2.93. The van der Waals surface area contributed by atoms with E-state index in [1.54, 1.807) is 9.80 Å². The van der Waals surface area contributed by atoms with E-state index in [0.29, 0.717) is 44.6 Å². The fraction of sp³-hybridized carbons (Fsp3) is 0.444. The van der Waals surface area contributed by atoms with Gasteiger partial charge in [0.2, 0.25) is 0 Å². The fourth-order valence-corrected chi connectivity index (χ4v) is 5.06. The van der Waals surface area contributed by atoms with Gasteiger partial charge in [-0.05, 0) is 67.0 Å². The predicted octanol–water partition coefficient (Wildman–Crippen LogP) is 3.31. The van der Waals surface area contributed by atoms with Crippen molar-refractivity contribution in [2.75, 3.05) is 26.2 Å². The number of carbonyl (C=O) groups is 2. The Bertz CT molecular complexity index is 1230. The summed E-state index contributed by atoms with van der Waals surface area (Å²) in [5, 5.41) is 15.8. The van der Waals surface area contributed by atoms with Crippen molar-refractivity contribution in [2.45, 2.75) is 44.2 Å². The van der Waals surface area contributed by atoms with E-state index in [4.69, 9.17) is 0 Å². The number of amides is 2. The van der Waals surface area contributed by atoms with Crippen LogP contribution in [0.3, 0.4) is 0 Å². The molecule has 176 valence electrons. The normalized spacial score (nSPS) is 19.8. The highest BCUT2D eigenvalue weighted by Crippen LogP contribution is 2.37. The zero-order chi connectivity index (χ0) is 23.3. The first-order chi connectivity index (χ1) is 16.5. The van der Waals surface area contributed by atoms with Crippen LogP contribution in [0.1, 0.15) is 42.5 Å². The van der Waals surface area contributed by atoms with Gasteiger partial charge in [-0.1, -0.05) is 24.6 Å². The number of rotatable bonds is 5. The average molecular weight is 459 g/mol. The molecule has 0 atom stereocenters. The van der Waals surface area contributed by atoms with Crippen LogP contribution in [0.15, 0.2) is 48.7 Å². The lowest BCUT2D eigenvalue weighted by molar-refractivity contribution is -0.143. The molecule has 7 nitrogen and oxygen atoms in total. The Balaban J connectivity index is 1.11. The molecule has 0 spiro atoms. The second-order valence-corrected chi connectivity index (χ2v) is 10.1. The molecule has 2 heterocycles. The minimum Gasteiger partial charge on any atom is -0.380 e. The minimum atomic E-state index is -1.14. The smallest absolute Gasteiger partial charge is 0.254 e. The number of benzene rings is 2. The number of aliphatic hydroxyl groups is 1. The maximum Gasteiger partial charge on any atom is 0.254 e. The van der Waals surface area contributed by atoms with E-state index >= 15 is 0 Å². The highest BCUT2D eigenvalue weighted by molar-refractivity contribution is 5.95. The molecule has 2 amide bonds. The van der Waals surface area contributed by atoms with Gasteiger partial charge in [-0.25, -0.2) is 0 Å². The lowest BCUT2D eigenvalue weighted by Gasteiger charge is -2.35. The average Bonchev–Trinajstić information content (AvgIpc) is 3.48. The molecule has 3 fully saturated rings. The van der Waals surface area contributed by atoms with Gasteiger partial charge in [0, 0.05) is 43.7 Å². The molecular weight excluding hydrogens is 428 g/mol. The molecule has 1 aromatic heterocycles. The first-order valence-corrected chi connectivity index (χ1v) is 12.4. The van der Waals surface area contributed by atoms with Crippen LogP contribution in [-0.4, -0.2) is 68.3 Å². The molecule has 2 saturated carbocycles. The van der Waals surface area contributed by atoms with Crippen LogP contribution in [-0.2, 0) is 11.3 Å². The molecule has 0 radical (unpaired) electrons. The van der Waals surface area contributed by atoms with E-state index in [-0.39, 0.29) is 11.8 Å². The number of aromatic nitrogens is 2. The zero-order valence-corrected chi connectivity index (χ0v) is 19.3. The first-order valence-electron chi connectivity index (χ1n) is 12.4. The Hall–Kier alpha value is -3.19. The van der Waals surface area contributed by atoms with Crippen molar-refractivity contribution in [3.63, 3.8) is 0 Å². The molecule has 6 rings (SSSR count). The topological polar surface area (TPSA) is 78.7 Å². The van der Waals surface area contributed by atoms with Gasteiger partial charge >= 0.3 is 0 Å². The van der Waals surface area contributed by atoms with Crippen LogP contribution in [0.4, 0.5) is 0 Å². The van der Waals surface area contributed by atoms with Crippen molar-refractivity contribution in [1.29, 1.82) is 0 Å². The second kappa shape index (κ2) is 8.24. The van der Waals surface area contributed by atoms with Crippen LogP contribution in [0.2, 0.25) is 0 Å². The number of hydrogen-bond acceptors (Lipinski definition) is 4. The summed E-state index contributed by atoms with van der Waals surface area (Å²) in [6.07, 6.45) is 7.00. The van der Waals surface area contributed by atoms with Gasteiger partial charge in [0.1, 0.15) is 5.60 Å². The first kappa shape index (κ1) is 21.4. The molecule has 3 aliphatic rings. The highest BCUT2D eigenvalue weighted by atomic mass is 16.3. The third-order valence-electron chi connectivity index (χ3n) is 7.74. The van der Waals surface area contributed by atoms with Crippen molar-refractivity contribution >= 4 is 22.7 Å². The maximum absolute atomic E-state index is 13.0. The van der Waals surface area contributed by atoms with Crippen LogP contribution >= 0.6 is 0 Å². The Labute approximate surface area is 199 Å². The molecule has 0 bridgehead atoms. The largest absolute Gasteiger partial charge is 0.380 e. The maximum atomic E-state index is 13.0. The van der Waals surface area contributed by atoms with Crippen molar-refractivity contribution < 1.29 is 14.7 Å². The molecule has 7 heteroatoms. The second-order valence-electron chi connectivity index (χ2n) is 10.1. The quantitative estimate of drug-likeness (QED) is 0.636. The standard InChI is InChI=1S/C27H30N4O3/c32-25(29-12-14-30(15-13-29)26(33)27(34)10-11-27)21-6-4-20(5-7-21)22-8-9-24-23(16-22)17-28-31(24)18-19-2-1-3-19/h4-9,16-17,19,34H,1-3,10-15,18H2. The van der Waals surface area contributed by atoms with Gasteiger partial charge in [-0.2, -0.15) is 5.10 Å². The Morgan fingerprint density at radius 2 is 1.62 bits per heavy atom. The van der Waals surface area contributed by atoms with Gasteiger partial charge < -0.3 is 14.9 Å². The number of carbonyl (C=O) groups excluding carboxylic acids is 2. The van der Waals surface area contributed by atoms with Crippen molar-refractivity contribution in [3.05, 3.63) is 54.2 Å². The number of fused-ring (bicyclic) bond motifs is 1. The molecule has 2 aromatic carbocycles. The van der Waals surface area contributed by atoms with E-state index in [0.717, 1.165) is 29.0 Å². The van der Waals surface area contributed by atoms with Gasteiger partial charge in [0.25, 0.3) is 11.8 Å².